The molecule has 5 heteroatoms. The second-order valence-corrected chi connectivity index (χ2v) is 8.67. The molecule has 1 fully saturated rings. The van der Waals surface area contributed by atoms with Crippen LogP contribution in [-0.2, 0) is 27.8 Å². The number of nitrogens with one attached hydrogen (secondary N) is 1. The van der Waals surface area contributed by atoms with Gasteiger partial charge in [-0.05, 0) is 48.2 Å². The predicted octanol–water partition coefficient (Wildman–Crippen LogP) is 4.03. The Bertz CT molecular complexity index is 768. The molecular formula is C21H26N2O2S. The standard InChI is InChI=1S/C21H26N2O2S/c22-18-11-9-16(10-12-18)14-21(24)23-19-6-4-5-17(13-19)15-26(25)20-7-2-1-3-8-20/h4-6,9-13,20H,1-3,7-8,14-15,22H2,(H,23,24). The van der Waals surface area contributed by atoms with E-state index in [9.17, 15) is 9.00 Å². The van der Waals surface area contributed by atoms with Crippen LogP contribution in [0.1, 0.15) is 43.2 Å². The van der Waals surface area contributed by atoms with E-state index in [4.69, 9.17) is 5.73 Å². The maximum atomic E-state index is 12.6. The largest absolute Gasteiger partial charge is 0.399 e. The first-order valence-corrected chi connectivity index (χ1v) is 10.6. The summed E-state index contributed by atoms with van der Waals surface area (Å²) in [6.45, 7) is 0. The molecule has 0 aromatic heterocycles. The highest BCUT2D eigenvalue weighted by molar-refractivity contribution is 7.84. The van der Waals surface area contributed by atoms with Gasteiger partial charge in [-0.2, -0.15) is 0 Å². The minimum atomic E-state index is -0.837. The number of carbonyl (C=O) groups is 1. The number of nitrogens with two attached hydrogens (primary N) is 1. The molecule has 1 aliphatic carbocycles. The van der Waals surface area contributed by atoms with Gasteiger partial charge >= 0.3 is 0 Å². The topological polar surface area (TPSA) is 72.2 Å². The van der Waals surface area contributed by atoms with Crippen molar-refractivity contribution >= 4 is 28.1 Å². The Kier molecular flexibility index (Phi) is 6.45. The van der Waals surface area contributed by atoms with E-state index in [2.05, 4.69) is 5.32 Å². The third-order valence-electron chi connectivity index (χ3n) is 4.79. The zero-order chi connectivity index (χ0) is 18.4. The molecule has 1 saturated carbocycles. The average molecular weight is 371 g/mol. The Morgan fingerprint density at radius 1 is 1.04 bits per heavy atom. The molecule has 0 aliphatic heterocycles. The van der Waals surface area contributed by atoms with Gasteiger partial charge in [0, 0.05) is 33.2 Å². The van der Waals surface area contributed by atoms with Crippen LogP contribution in [0.2, 0.25) is 0 Å². The van der Waals surface area contributed by atoms with Gasteiger partial charge in [-0.3, -0.25) is 9.00 Å². The number of carbonyl (C=O) groups excluding carboxylic acids is 1. The van der Waals surface area contributed by atoms with Gasteiger partial charge in [0.2, 0.25) is 5.91 Å². The van der Waals surface area contributed by atoms with Crippen molar-refractivity contribution in [2.45, 2.75) is 49.5 Å². The highest BCUT2D eigenvalue weighted by atomic mass is 32.2. The summed E-state index contributed by atoms with van der Waals surface area (Å²) in [7, 11) is -0.837. The number of benzene rings is 2. The van der Waals surface area contributed by atoms with Crippen LogP contribution in [0.3, 0.4) is 0 Å². The third kappa shape index (κ3) is 5.43. The molecule has 1 aliphatic rings. The van der Waals surface area contributed by atoms with Crippen LogP contribution < -0.4 is 11.1 Å². The number of rotatable bonds is 6. The van der Waals surface area contributed by atoms with Gasteiger partial charge in [0.15, 0.2) is 0 Å². The molecule has 4 nitrogen and oxygen atoms in total. The van der Waals surface area contributed by atoms with Crippen molar-refractivity contribution in [3.8, 4) is 0 Å². The van der Waals surface area contributed by atoms with Gasteiger partial charge in [0.05, 0.1) is 6.42 Å². The lowest BCUT2D eigenvalue weighted by atomic mass is 10.0. The minimum absolute atomic E-state index is 0.0691. The lowest BCUT2D eigenvalue weighted by Crippen LogP contribution is -2.20. The molecule has 0 radical (unpaired) electrons. The third-order valence-corrected chi connectivity index (χ3v) is 6.62. The SMILES string of the molecule is Nc1ccc(CC(=O)Nc2cccc(CS(=O)C3CCCCC3)c2)cc1. The zero-order valence-corrected chi connectivity index (χ0v) is 15.8. The molecule has 3 rings (SSSR count). The van der Waals surface area contributed by atoms with Crippen LogP contribution in [0.5, 0.6) is 0 Å². The molecule has 0 heterocycles. The first-order chi connectivity index (χ1) is 12.6. The normalized spacial score (nSPS) is 16.2. The second kappa shape index (κ2) is 8.99. The van der Waals surface area contributed by atoms with Crippen molar-refractivity contribution in [1.29, 1.82) is 0 Å². The van der Waals surface area contributed by atoms with Crippen LogP contribution in [0.25, 0.3) is 0 Å². The fourth-order valence-electron chi connectivity index (χ4n) is 3.38. The Labute approximate surface area is 157 Å². The Morgan fingerprint density at radius 2 is 1.77 bits per heavy atom. The fourth-order valence-corrected chi connectivity index (χ4v) is 4.98. The van der Waals surface area contributed by atoms with Crippen molar-refractivity contribution in [2.75, 3.05) is 11.1 Å². The Morgan fingerprint density at radius 3 is 2.50 bits per heavy atom. The van der Waals surface area contributed by atoms with E-state index >= 15 is 0 Å². The highest BCUT2D eigenvalue weighted by Crippen LogP contribution is 2.24. The molecule has 0 saturated heterocycles. The summed E-state index contributed by atoms with van der Waals surface area (Å²) in [6.07, 6.45) is 6.10. The van der Waals surface area contributed by atoms with Gasteiger partial charge in [0.25, 0.3) is 0 Å². The molecule has 1 amide bonds. The molecule has 0 spiro atoms. The molecule has 138 valence electrons. The smallest absolute Gasteiger partial charge is 0.228 e. The monoisotopic (exact) mass is 370 g/mol. The van der Waals surface area contributed by atoms with E-state index in [1.54, 1.807) is 12.1 Å². The number of hydrogen-bond donors (Lipinski definition) is 2. The summed E-state index contributed by atoms with van der Waals surface area (Å²) >= 11 is 0. The molecule has 1 unspecified atom stereocenters. The van der Waals surface area contributed by atoms with E-state index < -0.39 is 10.8 Å². The second-order valence-electron chi connectivity index (χ2n) is 6.95. The summed E-state index contributed by atoms with van der Waals surface area (Å²) in [4.78, 5) is 12.2. The molecule has 0 bridgehead atoms. The summed E-state index contributed by atoms with van der Waals surface area (Å²) in [5.41, 5.74) is 9.04. The first-order valence-electron chi connectivity index (χ1n) is 9.20. The van der Waals surface area contributed by atoms with E-state index in [0.717, 1.165) is 29.7 Å². The number of nitrogen functional groups attached to an aromatic ring is 1. The van der Waals surface area contributed by atoms with E-state index in [-0.39, 0.29) is 5.91 Å². The first kappa shape index (κ1) is 18.6. The van der Waals surface area contributed by atoms with Crippen LogP contribution >= 0.6 is 0 Å². The molecule has 2 aromatic rings. The van der Waals surface area contributed by atoms with Gasteiger partial charge in [0.1, 0.15) is 0 Å². The van der Waals surface area contributed by atoms with Crippen molar-refractivity contribution in [3.63, 3.8) is 0 Å². The van der Waals surface area contributed by atoms with E-state index in [1.165, 1.54) is 19.3 Å². The van der Waals surface area contributed by atoms with Gasteiger partial charge in [-0.25, -0.2) is 0 Å². The number of hydrogen-bond acceptors (Lipinski definition) is 3. The predicted molar refractivity (Wildman–Crippen MR) is 108 cm³/mol. The van der Waals surface area contributed by atoms with Crippen molar-refractivity contribution < 1.29 is 9.00 Å². The van der Waals surface area contributed by atoms with Crippen LogP contribution in [0.15, 0.2) is 48.5 Å². The summed E-state index contributed by atoms with van der Waals surface area (Å²) in [5, 5.41) is 3.26. The highest BCUT2D eigenvalue weighted by Gasteiger charge is 2.19. The van der Waals surface area contributed by atoms with Gasteiger partial charge < -0.3 is 11.1 Å². The Balaban J connectivity index is 1.57. The van der Waals surface area contributed by atoms with Crippen molar-refractivity contribution in [3.05, 3.63) is 59.7 Å². The lowest BCUT2D eigenvalue weighted by molar-refractivity contribution is -0.115. The summed E-state index contributed by atoms with van der Waals surface area (Å²) in [5.74, 6) is 0.493. The van der Waals surface area contributed by atoms with Gasteiger partial charge in [-0.15, -0.1) is 0 Å². The lowest BCUT2D eigenvalue weighted by Gasteiger charge is -2.21. The molecule has 26 heavy (non-hydrogen) atoms. The van der Waals surface area contributed by atoms with E-state index in [1.807, 2.05) is 36.4 Å². The van der Waals surface area contributed by atoms with Crippen LogP contribution in [0.4, 0.5) is 11.4 Å². The minimum Gasteiger partial charge on any atom is -0.399 e. The number of anilines is 2. The van der Waals surface area contributed by atoms with Crippen molar-refractivity contribution in [1.82, 2.24) is 0 Å². The maximum Gasteiger partial charge on any atom is 0.228 e. The quantitative estimate of drug-likeness (QED) is 0.754. The van der Waals surface area contributed by atoms with Crippen LogP contribution in [-0.4, -0.2) is 15.4 Å². The van der Waals surface area contributed by atoms with E-state index in [0.29, 0.717) is 23.1 Å². The van der Waals surface area contributed by atoms with Gasteiger partial charge in [-0.1, -0.05) is 43.5 Å². The van der Waals surface area contributed by atoms with Crippen LogP contribution in [0, 0.1) is 0 Å². The average Bonchev–Trinajstić information content (AvgIpc) is 2.64. The molecule has 1 atom stereocenters. The fraction of sp³-hybridized carbons (Fsp3) is 0.381. The summed E-state index contributed by atoms with van der Waals surface area (Å²) < 4.78 is 12.6. The summed E-state index contributed by atoms with van der Waals surface area (Å²) in [6, 6.07) is 15.0. The maximum absolute atomic E-state index is 12.6. The number of amides is 1. The molecule has 3 N–H and O–H groups in total. The molecule has 2 aromatic carbocycles. The zero-order valence-electron chi connectivity index (χ0n) is 14.9. The van der Waals surface area contributed by atoms with Crippen molar-refractivity contribution in [2.24, 2.45) is 0 Å². The Hall–Kier alpha value is -2.14. The molecular weight excluding hydrogens is 344 g/mol.